The molecule has 0 amide bonds. The van der Waals surface area contributed by atoms with Crippen molar-refractivity contribution in [3.8, 4) is 0 Å². The molecular formula is C8H5BrN2O6. The average molecular weight is 305 g/mol. The molecule has 1 aromatic carbocycles. The van der Waals surface area contributed by atoms with Crippen LogP contribution < -0.4 is 0 Å². The number of nitrogens with zero attached hydrogens (tertiary/aromatic N) is 2. The van der Waals surface area contributed by atoms with E-state index >= 15 is 0 Å². The van der Waals surface area contributed by atoms with Gasteiger partial charge < -0.3 is 4.74 Å². The van der Waals surface area contributed by atoms with Crippen LogP contribution in [-0.4, -0.2) is 22.9 Å². The van der Waals surface area contributed by atoms with Gasteiger partial charge in [0.25, 0.3) is 11.4 Å². The third kappa shape index (κ3) is 2.56. The summed E-state index contributed by atoms with van der Waals surface area (Å²) in [5.74, 6) is -0.938. The van der Waals surface area contributed by atoms with E-state index in [1.54, 1.807) is 0 Å². The summed E-state index contributed by atoms with van der Waals surface area (Å²) in [7, 11) is 1.06. The number of benzene rings is 1. The van der Waals surface area contributed by atoms with E-state index in [-0.39, 0.29) is 10.0 Å². The number of methoxy groups -OCH3 is 1. The van der Waals surface area contributed by atoms with Gasteiger partial charge in [-0.05, 0) is 22.0 Å². The molecule has 0 heterocycles. The van der Waals surface area contributed by atoms with E-state index in [4.69, 9.17) is 0 Å². The largest absolute Gasteiger partial charge is 0.465 e. The molecule has 0 saturated heterocycles. The van der Waals surface area contributed by atoms with Crippen LogP contribution in [0.25, 0.3) is 0 Å². The van der Waals surface area contributed by atoms with Gasteiger partial charge in [-0.2, -0.15) is 0 Å². The van der Waals surface area contributed by atoms with Gasteiger partial charge in [0, 0.05) is 0 Å². The second kappa shape index (κ2) is 4.87. The fourth-order valence-corrected chi connectivity index (χ4v) is 1.60. The molecule has 0 spiro atoms. The summed E-state index contributed by atoms with van der Waals surface area (Å²) in [6.07, 6.45) is 0. The minimum Gasteiger partial charge on any atom is -0.465 e. The predicted molar refractivity (Wildman–Crippen MR) is 58.8 cm³/mol. The third-order valence-corrected chi connectivity index (χ3v) is 2.50. The Morgan fingerprint density at radius 3 is 2.18 bits per heavy atom. The smallest absolute Gasteiger partial charge is 0.344 e. The Balaban J connectivity index is 3.52. The molecule has 0 unspecified atom stereocenters. The van der Waals surface area contributed by atoms with Gasteiger partial charge in [-0.1, -0.05) is 0 Å². The number of halogens is 1. The number of carbonyl (C=O) groups excluding carboxylic acids is 1. The molecule has 90 valence electrons. The van der Waals surface area contributed by atoms with Crippen molar-refractivity contribution in [1.29, 1.82) is 0 Å². The molecule has 9 heteroatoms. The minimum absolute atomic E-state index is 0.0338. The number of nitro benzene ring substituents is 2. The Hall–Kier alpha value is -2.03. The minimum atomic E-state index is -0.938. The zero-order chi connectivity index (χ0) is 13.2. The van der Waals surface area contributed by atoms with Crippen LogP contribution in [0.5, 0.6) is 0 Å². The van der Waals surface area contributed by atoms with Crippen LogP contribution in [-0.2, 0) is 4.74 Å². The number of nitro groups is 2. The van der Waals surface area contributed by atoms with Crippen LogP contribution in [0.4, 0.5) is 11.4 Å². The lowest BCUT2D eigenvalue weighted by Gasteiger charge is -2.02. The summed E-state index contributed by atoms with van der Waals surface area (Å²) in [6.45, 7) is 0. The van der Waals surface area contributed by atoms with E-state index < -0.39 is 27.2 Å². The van der Waals surface area contributed by atoms with Crippen molar-refractivity contribution < 1.29 is 19.4 Å². The highest BCUT2D eigenvalue weighted by atomic mass is 79.9. The fraction of sp³-hybridized carbons (Fsp3) is 0.125. The second-order valence-electron chi connectivity index (χ2n) is 2.83. The van der Waals surface area contributed by atoms with Gasteiger partial charge in [0.15, 0.2) is 0 Å². The van der Waals surface area contributed by atoms with Crippen LogP contribution in [0.1, 0.15) is 10.4 Å². The van der Waals surface area contributed by atoms with E-state index in [1.807, 2.05) is 0 Å². The summed E-state index contributed by atoms with van der Waals surface area (Å²) < 4.78 is 4.31. The van der Waals surface area contributed by atoms with Gasteiger partial charge >= 0.3 is 5.97 Å². The number of ether oxygens (including phenoxy) is 1. The van der Waals surface area contributed by atoms with Crippen molar-refractivity contribution in [3.63, 3.8) is 0 Å². The maximum Gasteiger partial charge on any atom is 0.344 e. The van der Waals surface area contributed by atoms with Crippen molar-refractivity contribution in [2.45, 2.75) is 0 Å². The Morgan fingerprint density at radius 1 is 1.24 bits per heavy atom. The first-order chi connectivity index (χ1) is 7.88. The van der Waals surface area contributed by atoms with Crippen LogP contribution >= 0.6 is 15.9 Å². The lowest BCUT2D eigenvalue weighted by Crippen LogP contribution is -2.06. The SMILES string of the molecule is COC(=O)c1cc(Br)c([N+](=O)[O-])cc1[N+](=O)[O-]. The Kier molecular flexibility index (Phi) is 3.73. The molecule has 8 nitrogen and oxygen atoms in total. The van der Waals surface area contributed by atoms with Crippen molar-refractivity contribution >= 4 is 33.3 Å². The molecule has 0 bridgehead atoms. The van der Waals surface area contributed by atoms with Crippen LogP contribution in [0.2, 0.25) is 0 Å². The Bertz CT molecular complexity index is 515. The molecule has 0 aliphatic heterocycles. The first-order valence-electron chi connectivity index (χ1n) is 4.09. The highest BCUT2D eigenvalue weighted by Gasteiger charge is 2.27. The van der Waals surface area contributed by atoms with Crippen molar-refractivity contribution in [1.82, 2.24) is 0 Å². The van der Waals surface area contributed by atoms with Crippen molar-refractivity contribution in [3.05, 3.63) is 42.4 Å². The lowest BCUT2D eigenvalue weighted by atomic mass is 10.1. The lowest BCUT2D eigenvalue weighted by molar-refractivity contribution is -0.394. The first-order valence-corrected chi connectivity index (χ1v) is 4.88. The summed E-state index contributed by atoms with van der Waals surface area (Å²) in [6, 6.07) is 1.69. The number of hydrogen-bond donors (Lipinski definition) is 0. The van der Waals surface area contributed by atoms with E-state index in [0.29, 0.717) is 6.07 Å². The van der Waals surface area contributed by atoms with Gasteiger partial charge in [-0.25, -0.2) is 4.79 Å². The summed E-state index contributed by atoms with van der Waals surface area (Å²) in [4.78, 5) is 30.9. The maximum atomic E-state index is 11.3. The van der Waals surface area contributed by atoms with E-state index in [9.17, 15) is 25.0 Å². The maximum absolute atomic E-state index is 11.3. The highest BCUT2D eigenvalue weighted by Crippen LogP contribution is 2.32. The molecule has 0 radical (unpaired) electrons. The molecule has 1 rings (SSSR count). The summed E-state index contributed by atoms with van der Waals surface area (Å²) in [5, 5.41) is 21.3. The van der Waals surface area contributed by atoms with E-state index in [2.05, 4.69) is 20.7 Å². The second-order valence-corrected chi connectivity index (χ2v) is 3.68. The van der Waals surface area contributed by atoms with Crippen molar-refractivity contribution in [2.24, 2.45) is 0 Å². The molecule has 0 aliphatic carbocycles. The van der Waals surface area contributed by atoms with Crippen LogP contribution in [0.3, 0.4) is 0 Å². The zero-order valence-electron chi connectivity index (χ0n) is 8.38. The molecule has 0 saturated carbocycles. The molecule has 0 atom stereocenters. The molecular weight excluding hydrogens is 300 g/mol. The number of hydrogen-bond acceptors (Lipinski definition) is 6. The third-order valence-electron chi connectivity index (χ3n) is 1.86. The van der Waals surface area contributed by atoms with Gasteiger partial charge in [-0.15, -0.1) is 0 Å². The standard InChI is InChI=1S/C8H5BrN2O6/c1-17-8(12)4-2-5(9)7(11(15)16)3-6(4)10(13)14/h2-3H,1H3. The molecule has 1 aromatic rings. The van der Waals surface area contributed by atoms with Gasteiger partial charge in [-0.3, -0.25) is 20.2 Å². The van der Waals surface area contributed by atoms with Crippen molar-refractivity contribution in [2.75, 3.05) is 7.11 Å². The Morgan fingerprint density at radius 2 is 1.76 bits per heavy atom. The Labute approximate surface area is 103 Å². The highest BCUT2D eigenvalue weighted by molar-refractivity contribution is 9.10. The van der Waals surface area contributed by atoms with Gasteiger partial charge in [0.2, 0.25) is 0 Å². The molecule has 17 heavy (non-hydrogen) atoms. The summed E-state index contributed by atoms with van der Waals surface area (Å²) >= 11 is 2.86. The first kappa shape index (κ1) is 13.0. The average Bonchev–Trinajstić information content (AvgIpc) is 2.26. The monoisotopic (exact) mass is 304 g/mol. The number of rotatable bonds is 3. The normalized spacial score (nSPS) is 9.76. The number of carbonyl (C=O) groups is 1. The predicted octanol–water partition coefficient (Wildman–Crippen LogP) is 2.05. The number of esters is 1. The van der Waals surface area contributed by atoms with Gasteiger partial charge in [0.1, 0.15) is 5.56 Å². The van der Waals surface area contributed by atoms with E-state index in [0.717, 1.165) is 13.2 Å². The fourth-order valence-electron chi connectivity index (χ4n) is 1.12. The van der Waals surface area contributed by atoms with Gasteiger partial charge in [0.05, 0.1) is 27.5 Å². The molecule has 0 aromatic heterocycles. The topological polar surface area (TPSA) is 113 Å². The van der Waals surface area contributed by atoms with E-state index in [1.165, 1.54) is 0 Å². The molecule has 0 fully saturated rings. The molecule has 0 aliphatic rings. The van der Waals surface area contributed by atoms with Crippen LogP contribution in [0.15, 0.2) is 16.6 Å². The molecule has 0 N–H and O–H groups in total. The van der Waals surface area contributed by atoms with Crippen LogP contribution in [0, 0.1) is 20.2 Å². The quantitative estimate of drug-likeness (QED) is 0.480. The zero-order valence-corrected chi connectivity index (χ0v) is 9.96. The summed E-state index contributed by atoms with van der Waals surface area (Å²) in [5.41, 5.74) is -1.52.